The Hall–Kier alpha value is -0.520. The van der Waals surface area contributed by atoms with Crippen molar-refractivity contribution in [2.45, 2.75) is 13.3 Å². The zero-order valence-electron chi connectivity index (χ0n) is 7.10. The van der Waals surface area contributed by atoms with Crippen LogP contribution in [0.4, 0.5) is 0 Å². The van der Waals surface area contributed by atoms with Crippen LogP contribution in [0, 0.1) is 0 Å². The minimum atomic E-state index is 0.870. The topological polar surface area (TPSA) is 33.6 Å². The minimum Gasteiger partial charge on any atom is -0.500 e. The van der Waals surface area contributed by atoms with Gasteiger partial charge >= 0.3 is 0 Å². The van der Waals surface area contributed by atoms with E-state index in [0.29, 0.717) is 0 Å². The van der Waals surface area contributed by atoms with E-state index in [1.54, 1.807) is 7.11 Å². The van der Waals surface area contributed by atoms with E-state index in [4.69, 9.17) is 4.74 Å². The lowest BCUT2D eigenvalue weighted by Crippen LogP contribution is -2.13. The molecule has 1 N–H and O–H groups in total. The van der Waals surface area contributed by atoms with Crippen LogP contribution in [0.2, 0.25) is 0 Å². The third kappa shape index (κ3) is 1.80. The third-order valence-electron chi connectivity index (χ3n) is 1.68. The number of amidine groups is 1. The van der Waals surface area contributed by atoms with Crippen molar-refractivity contribution >= 4 is 28.7 Å². The summed E-state index contributed by atoms with van der Waals surface area (Å²) < 4.78 is 9.28. The minimum absolute atomic E-state index is 0.870. The van der Waals surface area contributed by atoms with Crippen LogP contribution in [0.3, 0.4) is 0 Å². The average Bonchev–Trinajstić information content (AvgIpc) is 2.55. The van der Waals surface area contributed by atoms with Gasteiger partial charge in [0.2, 0.25) is 0 Å². The number of nitrogens with one attached hydrogen (secondary N) is 1. The first kappa shape index (κ1) is 9.57. The Morgan fingerprint density at radius 3 is 3.00 bits per heavy atom. The van der Waals surface area contributed by atoms with E-state index in [2.05, 4.69) is 15.4 Å². The van der Waals surface area contributed by atoms with Crippen molar-refractivity contribution in [2.75, 3.05) is 7.11 Å². The summed E-state index contributed by atoms with van der Waals surface area (Å²) >= 11 is 1.97. The number of hydrogen-bond acceptors (Lipinski definition) is 2. The van der Waals surface area contributed by atoms with Crippen molar-refractivity contribution in [1.29, 1.82) is 0 Å². The number of nitrogens with zero attached hydrogens (tertiary/aromatic N) is 1. The molecule has 0 saturated heterocycles. The molecule has 0 bridgehead atoms. The molecule has 0 aromatic rings. The third-order valence-corrected chi connectivity index (χ3v) is 2.16. The Bertz CT molecular complexity index is 250. The van der Waals surface area contributed by atoms with Crippen molar-refractivity contribution in [2.24, 2.45) is 3.21 Å². The summed E-state index contributed by atoms with van der Waals surface area (Å²) in [5, 5.41) is 3.03. The predicted molar refractivity (Wildman–Crippen MR) is 58.1 cm³/mol. The van der Waals surface area contributed by atoms with Gasteiger partial charge in [0, 0.05) is 12.6 Å². The van der Waals surface area contributed by atoms with Crippen molar-refractivity contribution in [1.82, 2.24) is 5.32 Å². The van der Waals surface area contributed by atoms with Gasteiger partial charge in [-0.3, -0.25) is 0 Å². The Morgan fingerprint density at radius 2 is 2.50 bits per heavy atom. The fraction of sp³-hybridized carbons (Fsp3) is 0.375. The van der Waals surface area contributed by atoms with Gasteiger partial charge in [-0.1, -0.05) is 6.92 Å². The first-order valence-corrected chi connectivity index (χ1v) is 4.69. The lowest BCUT2D eigenvalue weighted by molar-refractivity contribution is 0.279. The molecule has 1 aliphatic heterocycles. The standard InChI is InChI=1S/C8H11IN2O/c1-3-7(12-2)6-4-5-10-8(6)11-9/h4-5H,3H2,1-2H3,(H,10,11)/b7-6+. The van der Waals surface area contributed by atoms with Crippen LogP contribution in [-0.4, -0.2) is 12.9 Å². The SMILES string of the molecule is CC/C(OC)=C1/C=CN/C1=N/I. The molecule has 12 heavy (non-hydrogen) atoms. The molecule has 0 fully saturated rings. The highest BCUT2D eigenvalue weighted by Gasteiger charge is 2.13. The smallest absolute Gasteiger partial charge is 0.147 e. The molecule has 0 aliphatic carbocycles. The highest BCUT2D eigenvalue weighted by Crippen LogP contribution is 2.16. The van der Waals surface area contributed by atoms with Gasteiger partial charge in [0.15, 0.2) is 0 Å². The maximum absolute atomic E-state index is 5.22. The molecule has 4 heteroatoms. The largest absolute Gasteiger partial charge is 0.500 e. The molecule has 0 amide bonds. The molecule has 0 unspecified atom stereocenters. The van der Waals surface area contributed by atoms with Gasteiger partial charge in [-0.25, -0.2) is 0 Å². The summed E-state index contributed by atoms with van der Waals surface area (Å²) in [6, 6.07) is 0. The molecule has 1 rings (SSSR count). The van der Waals surface area contributed by atoms with E-state index in [1.165, 1.54) is 0 Å². The second-order valence-electron chi connectivity index (χ2n) is 2.31. The van der Waals surface area contributed by atoms with Crippen LogP contribution in [0.5, 0.6) is 0 Å². The Kier molecular flexibility index (Phi) is 3.58. The highest BCUT2D eigenvalue weighted by molar-refractivity contribution is 14.1. The molecule has 0 atom stereocenters. The lowest BCUT2D eigenvalue weighted by atomic mass is 10.2. The number of allylic oxidation sites excluding steroid dienone is 1. The number of hydrogen-bond donors (Lipinski definition) is 1. The van der Waals surface area contributed by atoms with Gasteiger partial charge in [0.05, 0.1) is 35.5 Å². The van der Waals surface area contributed by atoms with Gasteiger partial charge in [-0.15, -0.1) is 0 Å². The Morgan fingerprint density at radius 1 is 1.75 bits per heavy atom. The first-order valence-electron chi connectivity index (χ1n) is 3.73. The summed E-state index contributed by atoms with van der Waals surface area (Å²) in [4.78, 5) is 0. The molecule has 0 spiro atoms. The second kappa shape index (κ2) is 4.49. The maximum atomic E-state index is 5.22. The normalized spacial score (nSPS) is 22.8. The van der Waals surface area contributed by atoms with Gasteiger partial charge in [-0.2, -0.15) is 3.21 Å². The predicted octanol–water partition coefficient (Wildman–Crippen LogP) is 2.16. The molecule has 0 radical (unpaired) electrons. The molecule has 0 aromatic heterocycles. The number of ether oxygens (including phenoxy) is 1. The second-order valence-corrected chi connectivity index (χ2v) is 2.79. The molecular weight excluding hydrogens is 267 g/mol. The van der Waals surface area contributed by atoms with Crippen LogP contribution >= 0.6 is 22.9 Å². The lowest BCUT2D eigenvalue weighted by Gasteiger charge is -2.06. The molecule has 1 aliphatic rings. The fourth-order valence-corrected chi connectivity index (χ4v) is 1.50. The number of methoxy groups -OCH3 is 1. The zero-order valence-corrected chi connectivity index (χ0v) is 9.25. The molecule has 0 saturated carbocycles. The van der Waals surface area contributed by atoms with Crippen molar-refractivity contribution < 1.29 is 4.74 Å². The van der Waals surface area contributed by atoms with E-state index in [1.807, 2.05) is 35.1 Å². The van der Waals surface area contributed by atoms with E-state index in [9.17, 15) is 0 Å². The zero-order chi connectivity index (χ0) is 8.97. The summed E-state index contributed by atoms with van der Waals surface area (Å²) in [6.45, 7) is 2.06. The van der Waals surface area contributed by atoms with Gasteiger partial charge in [0.25, 0.3) is 0 Å². The van der Waals surface area contributed by atoms with E-state index in [0.717, 1.165) is 23.6 Å². The molecule has 66 valence electrons. The van der Waals surface area contributed by atoms with E-state index in [-0.39, 0.29) is 0 Å². The van der Waals surface area contributed by atoms with Crippen LogP contribution < -0.4 is 5.32 Å². The quantitative estimate of drug-likeness (QED) is 0.620. The van der Waals surface area contributed by atoms with Crippen molar-refractivity contribution in [3.63, 3.8) is 0 Å². The first-order chi connectivity index (χ1) is 5.83. The van der Waals surface area contributed by atoms with Crippen LogP contribution in [0.25, 0.3) is 0 Å². The van der Waals surface area contributed by atoms with Crippen LogP contribution in [0.15, 0.2) is 26.8 Å². The van der Waals surface area contributed by atoms with Crippen molar-refractivity contribution in [3.05, 3.63) is 23.6 Å². The summed E-state index contributed by atoms with van der Waals surface area (Å²) in [5.74, 6) is 1.83. The molecule has 3 nitrogen and oxygen atoms in total. The van der Waals surface area contributed by atoms with Gasteiger partial charge < -0.3 is 10.1 Å². The van der Waals surface area contributed by atoms with Gasteiger partial charge in [0.1, 0.15) is 11.6 Å². The van der Waals surface area contributed by atoms with Crippen LogP contribution in [-0.2, 0) is 4.74 Å². The Labute approximate surface area is 86.1 Å². The maximum Gasteiger partial charge on any atom is 0.147 e. The van der Waals surface area contributed by atoms with Gasteiger partial charge in [-0.05, 0) is 6.08 Å². The van der Waals surface area contributed by atoms with Crippen molar-refractivity contribution in [3.8, 4) is 0 Å². The van der Waals surface area contributed by atoms with E-state index >= 15 is 0 Å². The van der Waals surface area contributed by atoms with E-state index < -0.39 is 0 Å². The Balaban J connectivity index is 2.98. The summed E-state index contributed by atoms with van der Waals surface area (Å²) in [7, 11) is 1.68. The monoisotopic (exact) mass is 278 g/mol. The average molecular weight is 278 g/mol. The summed E-state index contributed by atoms with van der Waals surface area (Å²) in [5.41, 5.74) is 1.05. The molecule has 0 aromatic carbocycles. The molecular formula is C8H11IN2O. The van der Waals surface area contributed by atoms with Crippen LogP contribution in [0.1, 0.15) is 13.3 Å². The fourth-order valence-electron chi connectivity index (χ4n) is 1.10. The summed E-state index contributed by atoms with van der Waals surface area (Å²) in [6.07, 6.45) is 4.72. The highest BCUT2D eigenvalue weighted by atomic mass is 127. The molecule has 1 heterocycles. The number of rotatable bonds is 2. The number of halogens is 1.